The molecule has 0 spiro atoms. The van der Waals surface area contributed by atoms with Crippen molar-refractivity contribution in [2.75, 3.05) is 4.90 Å². The third kappa shape index (κ3) is 1.35. The molecule has 1 aliphatic heterocycles. The minimum absolute atomic E-state index is 0.296. The first-order valence-corrected chi connectivity index (χ1v) is 5.98. The molecule has 94 valence electrons. The van der Waals surface area contributed by atoms with Gasteiger partial charge in [-0.3, -0.25) is 14.2 Å². The van der Waals surface area contributed by atoms with Gasteiger partial charge in [0.2, 0.25) is 5.95 Å². The fourth-order valence-corrected chi connectivity index (χ4v) is 2.15. The molecule has 2 heterocycles. The molecule has 1 aliphatic carbocycles. The van der Waals surface area contributed by atoms with Crippen molar-refractivity contribution in [3.8, 4) is 0 Å². The number of hydrogen-bond donors (Lipinski definition) is 0. The summed E-state index contributed by atoms with van der Waals surface area (Å²) < 4.78 is 1.75. The second kappa shape index (κ2) is 3.51. The van der Waals surface area contributed by atoms with Crippen LogP contribution in [0.4, 0.5) is 5.95 Å². The van der Waals surface area contributed by atoms with Gasteiger partial charge in [-0.25, -0.2) is 4.90 Å². The van der Waals surface area contributed by atoms with Crippen molar-refractivity contribution in [3.05, 3.63) is 17.0 Å². The van der Waals surface area contributed by atoms with Crippen molar-refractivity contribution in [2.24, 2.45) is 7.05 Å². The minimum atomic E-state index is -0.296. The van der Waals surface area contributed by atoms with Crippen LogP contribution in [0.1, 0.15) is 38.4 Å². The average Bonchev–Trinajstić information content (AvgIpc) is 3.09. The normalized spacial score (nSPS) is 20.3. The zero-order valence-electron chi connectivity index (χ0n) is 10.6. The molecule has 2 aliphatic rings. The Morgan fingerprint density at radius 2 is 1.61 bits per heavy atom. The Balaban J connectivity index is 2.02. The van der Waals surface area contributed by atoms with Crippen LogP contribution in [0.15, 0.2) is 11.1 Å². The van der Waals surface area contributed by atoms with E-state index < -0.39 is 0 Å². The van der Waals surface area contributed by atoms with Crippen LogP contribution >= 0.6 is 0 Å². The second-order valence-corrected chi connectivity index (χ2v) is 4.89. The molecule has 0 bridgehead atoms. The molecule has 1 saturated carbocycles. The van der Waals surface area contributed by atoms with Gasteiger partial charge in [0.1, 0.15) is 5.82 Å². The molecule has 3 rings (SSSR count). The van der Waals surface area contributed by atoms with Crippen LogP contribution in [0.25, 0.3) is 0 Å². The van der Waals surface area contributed by atoms with Gasteiger partial charge in [-0.1, -0.05) is 0 Å². The molecule has 0 aromatic carbocycles. The summed E-state index contributed by atoms with van der Waals surface area (Å²) in [4.78, 5) is 25.2. The van der Waals surface area contributed by atoms with Crippen LogP contribution in [-0.2, 0) is 16.6 Å². The summed E-state index contributed by atoms with van der Waals surface area (Å²) in [5.41, 5.74) is 0.965. The topological polar surface area (TPSA) is 68.1 Å². The van der Waals surface area contributed by atoms with Crippen LogP contribution in [0, 0.1) is 0 Å². The first-order valence-electron chi connectivity index (χ1n) is 5.98. The molecular weight excluding hydrogens is 232 g/mol. The van der Waals surface area contributed by atoms with E-state index in [9.17, 15) is 9.59 Å². The lowest BCUT2D eigenvalue weighted by Gasteiger charge is -2.13. The maximum Gasteiger partial charge on any atom is 0.263 e. The Morgan fingerprint density at radius 3 is 2.11 bits per heavy atom. The molecular formula is C12H14N4O2. The third-order valence-corrected chi connectivity index (χ3v) is 3.64. The summed E-state index contributed by atoms with van der Waals surface area (Å²) in [6.45, 7) is 3.32. The summed E-state index contributed by atoms with van der Waals surface area (Å²) in [5, 5.41) is 8.09. The lowest BCUT2D eigenvalue weighted by Crippen LogP contribution is -2.33. The van der Waals surface area contributed by atoms with E-state index >= 15 is 0 Å². The second-order valence-electron chi connectivity index (χ2n) is 4.89. The Bertz CT molecular complexity index is 571. The van der Waals surface area contributed by atoms with Gasteiger partial charge in [-0.05, 0) is 26.7 Å². The molecule has 0 unspecified atom stereocenters. The lowest BCUT2D eigenvalue weighted by molar-refractivity contribution is -0.120. The Labute approximate surface area is 104 Å². The number of amides is 2. The van der Waals surface area contributed by atoms with Gasteiger partial charge in [0.05, 0.1) is 0 Å². The SMILES string of the molecule is CC1=C(C)C(=O)N(c2nnc(C3CC3)n2C)C1=O. The number of anilines is 1. The Kier molecular flexibility index (Phi) is 2.17. The fraction of sp³-hybridized carbons (Fsp3) is 0.500. The molecule has 6 nitrogen and oxygen atoms in total. The quantitative estimate of drug-likeness (QED) is 0.727. The highest BCUT2D eigenvalue weighted by Crippen LogP contribution is 2.40. The molecule has 0 N–H and O–H groups in total. The molecule has 0 saturated heterocycles. The van der Waals surface area contributed by atoms with E-state index in [4.69, 9.17) is 0 Å². The maximum absolute atomic E-state index is 12.0. The van der Waals surface area contributed by atoms with Gasteiger partial charge in [-0.15, -0.1) is 10.2 Å². The van der Waals surface area contributed by atoms with E-state index in [1.165, 1.54) is 0 Å². The van der Waals surface area contributed by atoms with Gasteiger partial charge < -0.3 is 0 Å². The highest BCUT2D eigenvalue weighted by Gasteiger charge is 2.39. The van der Waals surface area contributed by atoms with Crippen molar-refractivity contribution >= 4 is 17.8 Å². The Morgan fingerprint density at radius 1 is 1.06 bits per heavy atom. The fourth-order valence-electron chi connectivity index (χ4n) is 2.15. The van der Waals surface area contributed by atoms with Gasteiger partial charge in [-0.2, -0.15) is 0 Å². The van der Waals surface area contributed by atoms with E-state index in [0.29, 0.717) is 23.0 Å². The summed E-state index contributed by atoms with van der Waals surface area (Å²) in [7, 11) is 1.80. The number of nitrogens with zero attached hydrogens (tertiary/aromatic N) is 4. The summed E-state index contributed by atoms with van der Waals surface area (Å²) in [5.74, 6) is 1.01. The molecule has 0 radical (unpaired) electrons. The predicted molar refractivity (Wildman–Crippen MR) is 63.8 cm³/mol. The van der Waals surface area contributed by atoms with E-state index in [-0.39, 0.29) is 11.8 Å². The summed E-state index contributed by atoms with van der Waals surface area (Å²) in [6, 6.07) is 0. The average molecular weight is 246 g/mol. The van der Waals surface area contributed by atoms with Crippen LogP contribution in [0.3, 0.4) is 0 Å². The van der Waals surface area contributed by atoms with Crippen LogP contribution in [0.5, 0.6) is 0 Å². The van der Waals surface area contributed by atoms with E-state index in [2.05, 4.69) is 10.2 Å². The van der Waals surface area contributed by atoms with E-state index in [1.54, 1.807) is 25.5 Å². The molecule has 2 amide bonds. The molecule has 6 heteroatoms. The number of carbonyl (C=O) groups excluding carboxylic acids is 2. The van der Waals surface area contributed by atoms with Crippen molar-refractivity contribution in [3.63, 3.8) is 0 Å². The monoisotopic (exact) mass is 246 g/mol. The standard InChI is InChI=1S/C12H14N4O2/c1-6-7(2)11(18)16(10(6)17)12-14-13-9(15(12)3)8-4-5-8/h8H,4-5H2,1-3H3. The van der Waals surface area contributed by atoms with Gasteiger partial charge in [0.25, 0.3) is 11.8 Å². The first kappa shape index (κ1) is 11.1. The number of hydrogen-bond acceptors (Lipinski definition) is 4. The highest BCUT2D eigenvalue weighted by atomic mass is 16.2. The van der Waals surface area contributed by atoms with E-state index in [0.717, 1.165) is 23.6 Å². The number of imide groups is 1. The third-order valence-electron chi connectivity index (χ3n) is 3.64. The lowest BCUT2D eigenvalue weighted by atomic mass is 10.2. The van der Waals surface area contributed by atoms with Crippen molar-refractivity contribution in [1.29, 1.82) is 0 Å². The zero-order valence-corrected chi connectivity index (χ0v) is 10.6. The summed E-state index contributed by atoms with van der Waals surface area (Å²) >= 11 is 0. The highest BCUT2D eigenvalue weighted by molar-refractivity contribution is 6.31. The summed E-state index contributed by atoms with van der Waals surface area (Å²) in [6.07, 6.45) is 2.20. The Hall–Kier alpha value is -1.98. The zero-order chi connectivity index (χ0) is 13.0. The van der Waals surface area contributed by atoms with Crippen molar-refractivity contribution in [2.45, 2.75) is 32.6 Å². The molecule has 1 aromatic heterocycles. The molecule has 1 fully saturated rings. The van der Waals surface area contributed by atoms with Gasteiger partial charge in [0.15, 0.2) is 0 Å². The van der Waals surface area contributed by atoms with Gasteiger partial charge in [0, 0.05) is 24.1 Å². The first-order chi connectivity index (χ1) is 8.52. The van der Waals surface area contributed by atoms with Crippen LogP contribution in [-0.4, -0.2) is 26.6 Å². The van der Waals surface area contributed by atoms with E-state index in [1.807, 2.05) is 0 Å². The molecule has 18 heavy (non-hydrogen) atoms. The van der Waals surface area contributed by atoms with Gasteiger partial charge >= 0.3 is 0 Å². The number of rotatable bonds is 2. The van der Waals surface area contributed by atoms with Crippen molar-refractivity contribution < 1.29 is 9.59 Å². The molecule has 1 aromatic rings. The van der Waals surface area contributed by atoms with Crippen LogP contribution in [0.2, 0.25) is 0 Å². The molecule has 0 atom stereocenters. The maximum atomic E-state index is 12.0. The number of carbonyl (C=O) groups is 2. The predicted octanol–water partition coefficient (Wildman–Crippen LogP) is 0.902. The smallest absolute Gasteiger partial charge is 0.263 e. The van der Waals surface area contributed by atoms with Crippen LogP contribution < -0.4 is 4.90 Å². The minimum Gasteiger partial charge on any atom is -0.299 e. The largest absolute Gasteiger partial charge is 0.299 e. The van der Waals surface area contributed by atoms with Crippen molar-refractivity contribution in [1.82, 2.24) is 14.8 Å². The number of aromatic nitrogens is 3.